The lowest BCUT2D eigenvalue weighted by Gasteiger charge is -2.33. The molecule has 0 saturated heterocycles. The predicted octanol–water partition coefficient (Wildman–Crippen LogP) is 1.58. The van der Waals surface area contributed by atoms with Crippen molar-refractivity contribution in [2.24, 2.45) is 5.73 Å². The molecule has 1 atom stereocenters. The van der Waals surface area contributed by atoms with Gasteiger partial charge in [0, 0.05) is 18.6 Å². The van der Waals surface area contributed by atoms with Crippen LogP contribution in [0.5, 0.6) is 0 Å². The fraction of sp³-hybridized carbons (Fsp3) is 0.231. The number of carbonyl (C=O) groups excluding carboxylic acids is 3. The van der Waals surface area contributed by atoms with Gasteiger partial charge in [-0.15, -0.1) is 15.8 Å². The van der Waals surface area contributed by atoms with Crippen molar-refractivity contribution >= 4 is 50.7 Å². The van der Waals surface area contributed by atoms with Crippen molar-refractivity contribution in [2.45, 2.75) is 6.42 Å². The molecular weight excluding hydrogens is 324 g/mol. The molecule has 1 aliphatic rings. The highest BCUT2D eigenvalue weighted by atomic mass is 32.1. The second-order valence-corrected chi connectivity index (χ2v) is 6.78. The van der Waals surface area contributed by atoms with E-state index in [4.69, 9.17) is 5.73 Å². The fourth-order valence-electron chi connectivity index (χ4n) is 2.48. The molecule has 0 spiro atoms. The number of hydrogen-bond acceptors (Lipinski definition) is 6. The zero-order valence-electron chi connectivity index (χ0n) is 11.9. The quantitative estimate of drug-likeness (QED) is 0.861. The van der Waals surface area contributed by atoms with E-state index >= 15 is 0 Å². The van der Waals surface area contributed by atoms with Gasteiger partial charge in [-0.05, 0) is 10.9 Å². The average molecular weight is 337 g/mol. The van der Waals surface area contributed by atoms with E-state index in [2.05, 4.69) is 4.98 Å². The molecule has 0 aromatic carbocycles. The molecule has 2 aromatic heterocycles. The molecule has 9 heteroatoms. The van der Waals surface area contributed by atoms with Crippen molar-refractivity contribution in [3.05, 3.63) is 28.1 Å². The summed E-state index contributed by atoms with van der Waals surface area (Å²) in [6.07, 6.45) is 1.52. The van der Waals surface area contributed by atoms with Crippen molar-refractivity contribution < 1.29 is 14.4 Å². The van der Waals surface area contributed by atoms with E-state index in [0.29, 0.717) is 21.3 Å². The minimum Gasteiger partial charge on any atom is -0.369 e. The van der Waals surface area contributed by atoms with Crippen LogP contribution < -0.4 is 15.1 Å². The van der Waals surface area contributed by atoms with Crippen LogP contribution in [0.2, 0.25) is 0 Å². The van der Waals surface area contributed by atoms with E-state index < -0.39 is 10.4 Å². The number of nitrogens with zero attached hydrogens (tertiary/aromatic N) is 3. The van der Waals surface area contributed by atoms with Crippen molar-refractivity contribution in [3.63, 3.8) is 0 Å². The molecule has 0 bridgehead atoms. The topological polar surface area (TPSA) is 93.4 Å². The van der Waals surface area contributed by atoms with Crippen molar-refractivity contribution in [1.29, 1.82) is 0 Å². The van der Waals surface area contributed by atoms with E-state index in [1.807, 2.05) is 0 Å². The molecule has 1 aliphatic heterocycles. The van der Waals surface area contributed by atoms with Gasteiger partial charge < -0.3 is 5.73 Å². The van der Waals surface area contributed by atoms with Crippen LogP contribution in [0.4, 0.5) is 14.9 Å². The Morgan fingerprint density at radius 2 is 2.14 bits per heavy atom. The standard InChI is InChI=1S/C13H12N4O3S2/c1-16-10-9(7(6-22-10)5-8(14)18)11(19)17(2,13(16)20)12-15-3-4-21-12/h3-4,6H,5H2,1-2H3,(H-,14,18)/p+1. The first-order valence-electron chi connectivity index (χ1n) is 6.35. The highest BCUT2D eigenvalue weighted by Crippen LogP contribution is 2.41. The molecule has 0 radical (unpaired) electrons. The van der Waals surface area contributed by atoms with E-state index in [-0.39, 0.29) is 18.4 Å². The number of primary amides is 1. The van der Waals surface area contributed by atoms with Gasteiger partial charge in [0.1, 0.15) is 10.6 Å². The van der Waals surface area contributed by atoms with Gasteiger partial charge in [0.25, 0.3) is 0 Å². The maximum absolute atomic E-state index is 13.0. The van der Waals surface area contributed by atoms with Crippen LogP contribution in [-0.4, -0.2) is 36.9 Å². The Morgan fingerprint density at radius 3 is 2.73 bits per heavy atom. The predicted molar refractivity (Wildman–Crippen MR) is 85.2 cm³/mol. The second kappa shape index (κ2) is 4.97. The Balaban J connectivity index is 2.20. The molecule has 1 unspecified atom stereocenters. The van der Waals surface area contributed by atoms with Crippen molar-refractivity contribution in [1.82, 2.24) is 9.47 Å². The van der Waals surface area contributed by atoms with Gasteiger partial charge in [-0.25, -0.2) is 9.59 Å². The second-order valence-electron chi connectivity index (χ2n) is 5.05. The number of rotatable bonds is 3. The lowest BCUT2D eigenvalue weighted by molar-refractivity contribution is -0.117. The number of thiophene rings is 1. The van der Waals surface area contributed by atoms with E-state index in [1.165, 1.54) is 34.6 Å². The number of imide groups is 1. The number of aromatic nitrogens is 1. The summed E-state index contributed by atoms with van der Waals surface area (Å²) in [5.41, 5.74) is 6.18. The molecule has 2 N–H and O–H groups in total. The maximum Gasteiger partial charge on any atom is 0.438 e. The third-order valence-corrected chi connectivity index (χ3v) is 5.65. The Bertz CT molecular complexity index is 783. The van der Waals surface area contributed by atoms with Crippen LogP contribution in [0.25, 0.3) is 0 Å². The molecule has 0 fully saturated rings. The summed E-state index contributed by atoms with van der Waals surface area (Å²) in [5.74, 6) is -0.901. The molecule has 114 valence electrons. The molecule has 2 aromatic rings. The van der Waals surface area contributed by atoms with Gasteiger partial charge in [-0.1, -0.05) is 11.3 Å². The third kappa shape index (κ3) is 1.90. The minimum absolute atomic E-state index is 0.0303. The molecule has 22 heavy (non-hydrogen) atoms. The van der Waals surface area contributed by atoms with Gasteiger partial charge in [-0.2, -0.15) is 4.98 Å². The lowest BCUT2D eigenvalue weighted by Crippen LogP contribution is -2.63. The summed E-state index contributed by atoms with van der Waals surface area (Å²) in [6, 6.07) is -0.375. The number of thiazole rings is 1. The van der Waals surface area contributed by atoms with Crippen LogP contribution in [0.3, 0.4) is 0 Å². The van der Waals surface area contributed by atoms with Crippen molar-refractivity contribution in [2.75, 3.05) is 19.0 Å². The third-order valence-electron chi connectivity index (χ3n) is 3.61. The lowest BCUT2D eigenvalue weighted by atomic mass is 10.1. The molecule has 7 nitrogen and oxygen atoms in total. The van der Waals surface area contributed by atoms with E-state index in [1.54, 1.807) is 24.0 Å². The van der Waals surface area contributed by atoms with Crippen LogP contribution in [0, 0.1) is 0 Å². The summed E-state index contributed by atoms with van der Waals surface area (Å²) in [4.78, 5) is 42.5. The first kappa shape index (κ1) is 14.8. The Kier molecular flexibility index (Phi) is 3.35. The molecule has 4 amide bonds. The molecule has 3 rings (SSSR count). The average Bonchev–Trinajstić information content (AvgIpc) is 3.12. The van der Waals surface area contributed by atoms with Crippen LogP contribution in [0.1, 0.15) is 15.9 Å². The number of hydrogen-bond donors (Lipinski definition) is 1. The van der Waals surface area contributed by atoms with Crippen LogP contribution in [0.15, 0.2) is 17.0 Å². The maximum atomic E-state index is 13.0. The smallest absolute Gasteiger partial charge is 0.369 e. The van der Waals surface area contributed by atoms with Gasteiger partial charge in [0.15, 0.2) is 0 Å². The molecule has 3 heterocycles. The number of quaternary nitrogens is 1. The Labute approximate surface area is 134 Å². The van der Waals surface area contributed by atoms with Crippen LogP contribution in [-0.2, 0) is 11.2 Å². The zero-order chi connectivity index (χ0) is 16.1. The number of carbonyl (C=O) groups is 3. The Morgan fingerprint density at radius 1 is 1.41 bits per heavy atom. The summed E-state index contributed by atoms with van der Waals surface area (Å²) < 4.78 is -0.566. The Hall–Kier alpha value is -2.10. The SMILES string of the molecule is CN1C(=O)[N+](C)(c2nccs2)C(=O)c2c(CC(N)=O)csc21. The molecule has 0 aliphatic carbocycles. The van der Waals surface area contributed by atoms with Crippen molar-refractivity contribution in [3.8, 4) is 0 Å². The molecule has 0 saturated carbocycles. The number of amides is 4. The zero-order valence-corrected chi connectivity index (χ0v) is 13.5. The van der Waals surface area contributed by atoms with Crippen LogP contribution >= 0.6 is 22.7 Å². The van der Waals surface area contributed by atoms with E-state index in [9.17, 15) is 14.4 Å². The fourth-order valence-corrected chi connectivity index (χ4v) is 4.24. The van der Waals surface area contributed by atoms with Gasteiger partial charge in [0.05, 0.1) is 13.5 Å². The monoisotopic (exact) mass is 337 g/mol. The largest absolute Gasteiger partial charge is 0.438 e. The first-order chi connectivity index (χ1) is 10.4. The summed E-state index contributed by atoms with van der Waals surface area (Å²) in [7, 11) is 3.14. The number of nitrogens with two attached hydrogens (primary N) is 1. The number of urea groups is 1. The number of anilines is 1. The van der Waals surface area contributed by atoms with Gasteiger partial charge in [0.2, 0.25) is 5.91 Å². The highest BCUT2D eigenvalue weighted by Gasteiger charge is 2.54. The summed E-state index contributed by atoms with van der Waals surface area (Å²) in [6.45, 7) is 0. The highest BCUT2D eigenvalue weighted by molar-refractivity contribution is 7.15. The first-order valence-corrected chi connectivity index (χ1v) is 8.11. The van der Waals surface area contributed by atoms with E-state index in [0.717, 1.165) is 0 Å². The van der Waals surface area contributed by atoms with Gasteiger partial charge >= 0.3 is 17.1 Å². The molecular formula is C13H13N4O3S2+. The van der Waals surface area contributed by atoms with Gasteiger partial charge in [-0.3, -0.25) is 9.69 Å². The summed E-state index contributed by atoms with van der Waals surface area (Å²) in [5, 5.41) is 4.35. The summed E-state index contributed by atoms with van der Waals surface area (Å²) >= 11 is 2.50. The number of fused-ring (bicyclic) bond motifs is 1. The minimum atomic E-state index is -0.566. The normalized spacial score (nSPS) is 21.1.